The molecule has 3 heterocycles. The van der Waals surface area contributed by atoms with E-state index in [-0.39, 0.29) is 5.91 Å². The molecule has 0 spiro atoms. The summed E-state index contributed by atoms with van der Waals surface area (Å²) in [6.45, 7) is 5.24. The number of hydrogen-bond acceptors (Lipinski definition) is 4. The lowest BCUT2D eigenvalue weighted by Crippen LogP contribution is -2.39. The standard InChI is InChI=1S/C14H18N4O2/c1-9-6-12(16-15-9)11-4-3-5-18(8-11)14(19)13-7-10(2)17-20-13/h6-7,11H,3-5,8H2,1-2H3,(H,15,16). The van der Waals surface area contributed by atoms with Crippen LogP contribution in [0.1, 0.15) is 46.4 Å². The zero-order valence-electron chi connectivity index (χ0n) is 11.7. The molecule has 1 N–H and O–H groups in total. The van der Waals surface area contributed by atoms with E-state index < -0.39 is 0 Å². The molecule has 6 heteroatoms. The minimum Gasteiger partial charge on any atom is -0.351 e. The highest BCUT2D eigenvalue weighted by molar-refractivity contribution is 5.91. The third-order valence-corrected chi connectivity index (χ3v) is 3.69. The van der Waals surface area contributed by atoms with Crippen molar-refractivity contribution < 1.29 is 9.32 Å². The number of likely N-dealkylation sites (tertiary alicyclic amines) is 1. The highest BCUT2D eigenvalue weighted by Gasteiger charge is 2.28. The van der Waals surface area contributed by atoms with Crippen molar-refractivity contribution in [1.82, 2.24) is 20.3 Å². The topological polar surface area (TPSA) is 75.0 Å². The van der Waals surface area contributed by atoms with Crippen molar-refractivity contribution >= 4 is 5.91 Å². The molecular formula is C14H18N4O2. The summed E-state index contributed by atoms with van der Waals surface area (Å²) in [6.07, 6.45) is 2.04. The molecule has 2 aromatic rings. The molecule has 1 atom stereocenters. The third kappa shape index (κ3) is 2.45. The van der Waals surface area contributed by atoms with Gasteiger partial charge in [0.2, 0.25) is 5.76 Å². The van der Waals surface area contributed by atoms with Crippen LogP contribution in [0.15, 0.2) is 16.7 Å². The summed E-state index contributed by atoms with van der Waals surface area (Å²) in [4.78, 5) is 14.2. The van der Waals surface area contributed by atoms with Crippen molar-refractivity contribution in [3.63, 3.8) is 0 Å². The van der Waals surface area contributed by atoms with Crippen LogP contribution in [0.4, 0.5) is 0 Å². The lowest BCUT2D eigenvalue weighted by atomic mass is 9.94. The molecular weight excluding hydrogens is 256 g/mol. The number of aromatic amines is 1. The lowest BCUT2D eigenvalue weighted by molar-refractivity contribution is 0.0664. The quantitative estimate of drug-likeness (QED) is 0.909. The number of rotatable bonds is 2. The summed E-state index contributed by atoms with van der Waals surface area (Å²) in [7, 11) is 0. The van der Waals surface area contributed by atoms with Crippen LogP contribution in [0.3, 0.4) is 0 Å². The van der Waals surface area contributed by atoms with E-state index in [0.29, 0.717) is 18.2 Å². The monoisotopic (exact) mass is 274 g/mol. The maximum atomic E-state index is 12.4. The predicted octanol–water partition coefficient (Wildman–Crippen LogP) is 2.03. The van der Waals surface area contributed by atoms with E-state index in [2.05, 4.69) is 21.4 Å². The van der Waals surface area contributed by atoms with Crippen LogP contribution < -0.4 is 0 Å². The Balaban J connectivity index is 1.73. The van der Waals surface area contributed by atoms with Gasteiger partial charge in [0.1, 0.15) is 0 Å². The largest absolute Gasteiger partial charge is 0.351 e. The number of H-pyrrole nitrogens is 1. The van der Waals surface area contributed by atoms with Crippen LogP contribution >= 0.6 is 0 Å². The van der Waals surface area contributed by atoms with E-state index >= 15 is 0 Å². The fourth-order valence-corrected chi connectivity index (χ4v) is 2.67. The zero-order chi connectivity index (χ0) is 14.1. The van der Waals surface area contributed by atoms with Crippen LogP contribution in [0, 0.1) is 13.8 Å². The Kier molecular flexibility index (Phi) is 3.30. The van der Waals surface area contributed by atoms with E-state index in [1.54, 1.807) is 6.07 Å². The second-order valence-corrected chi connectivity index (χ2v) is 5.40. The summed E-state index contributed by atoms with van der Waals surface area (Å²) in [5.74, 6) is 0.533. The van der Waals surface area contributed by atoms with E-state index in [4.69, 9.17) is 4.52 Å². The van der Waals surface area contributed by atoms with Crippen molar-refractivity contribution in [3.05, 3.63) is 35.0 Å². The molecule has 106 valence electrons. The summed E-state index contributed by atoms with van der Waals surface area (Å²) in [5, 5.41) is 11.0. The van der Waals surface area contributed by atoms with Gasteiger partial charge in [-0.05, 0) is 32.8 Å². The zero-order valence-corrected chi connectivity index (χ0v) is 11.7. The number of carbonyl (C=O) groups is 1. The summed E-state index contributed by atoms with van der Waals surface area (Å²) >= 11 is 0. The number of aryl methyl sites for hydroxylation is 2. The van der Waals surface area contributed by atoms with Gasteiger partial charge in [0.15, 0.2) is 0 Å². The number of nitrogens with zero attached hydrogens (tertiary/aromatic N) is 3. The van der Waals surface area contributed by atoms with E-state index in [9.17, 15) is 4.79 Å². The third-order valence-electron chi connectivity index (χ3n) is 3.69. The van der Waals surface area contributed by atoms with Gasteiger partial charge in [-0.3, -0.25) is 9.89 Å². The second-order valence-electron chi connectivity index (χ2n) is 5.40. The Labute approximate surface area is 117 Å². The van der Waals surface area contributed by atoms with Crippen LogP contribution in [0.25, 0.3) is 0 Å². The van der Waals surface area contributed by atoms with Crippen molar-refractivity contribution in [2.75, 3.05) is 13.1 Å². The van der Waals surface area contributed by atoms with Gasteiger partial charge < -0.3 is 9.42 Å². The maximum absolute atomic E-state index is 12.4. The molecule has 0 saturated carbocycles. The average Bonchev–Trinajstić information content (AvgIpc) is 3.07. The Bertz CT molecular complexity index is 616. The molecule has 1 saturated heterocycles. The van der Waals surface area contributed by atoms with Crippen LogP contribution in [0.2, 0.25) is 0 Å². The molecule has 1 amide bonds. The van der Waals surface area contributed by atoms with Crippen molar-refractivity contribution in [1.29, 1.82) is 0 Å². The van der Waals surface area contributed by atoms with E-state index in [1.807, 2.05) is 18.7 Å². The first kappa shape index (κ1) is 12.9. The predicted molar refractivity (Wildman–Crippen MR) is 72.4 cm³/mol. The van der Waals surface area contributed by atoms with Crippen LogP contribution in [-0.2, 0) is 0 Å². The molecule has 3 rings (SSSR count). The first-order valence-corrected chi connectivity index (χ1v) is 6.88. The molecule has 0 bridgehead atoms. The highest BCUT2D eigenvalue weighted by atomic mass is 16.5. The maximum Gasteiger partial charge on any atom is 0.292 e. The molecule has 1 fully saturated rings. The Morgan fingerprint density at radius 2 is 2.30 bits per heavy atom. The normalized spacial score (nSPS) is 19.3. The first-order chi connectivity index (χ1) is 9.63. The Hall–Kier alpha value is -2.11. The minimum atomic E-state index is -0.0810. The highest BCUT2D eigenvalue weighted by Crippen LogP contribution is 2.26. The smallest absolute Gasteiger partial charge is 0.292 e. The molecule has 1 aliphatic rings. The van der Waals surface area contributed by atoms with Crippen LogP contribution in [0.5, 0.6) is 0 Å². The van der Waals surface area contributed by atoms with Gasteiger partial charge in [-0.15, -0.1) is 0 Å². The van der Waals surface area contributed by atoms with Crippen LogP contribution in [-0.4, -0.2) is 39.3 Å². The number of nitrogens with one attached hydrogen (secondary N) is 1. The van der Waals surface area contributed by atoms with E-state index in [0.717, 1.165) is 36.5 Å². The summed E-state index contributed by atoms with van der Waals surface area (Å²) < 4.78 is 5.06. The molecule has 6 nitrogen and oxygen atoms in total. The minimum absolute atomic E-state index is 0.0810. The van der Waals surface area contributed by atoms with Crippen molar-refractivity contribution in [3.8, 4) is 0 Å². The molecule has 20 heavy (non-hydrogen) atoms. The van der Waals surface area contributed by atoms with Gasteiger partial charge in [0.25, 0.3) is 5.91 Å². The SMILES string of the molecule is Cc1cc(C(=O)N2CCCC(c3cc(C)[nH]n3)C2)on1. The number of carbonyl (C=O) groups excluding carboxylic acids is 1. The van der Waals surface area contributed by atoms with Gasteiger partial charge in [-0.1, -0.05) is 5.16 Å². The molecule has 1 aliphatic heterocycles. The molecule has 1 unspecified atom stereocenters. The lowest BCUT2D eigenvalue weighted by Gasteiger charge is -2.31. The average molecular weight is 274 g/mol. The van der Waals surface area contributed by atoms with Gasteiger partial charge in [0.05, 0.1) is 11.4 Å². The molecule has 0 aromatic carbocycles. The Morgan fingerprint density at radius 3 is 2.95 bits per heavy atom. The molecule has 0 aliphatic carbocycles. The van der Waals surface area contributed by atoms with Crippen molar-refractivity contribution in [2.24, 2.45) is 0 Å². The number of aromatic nitrogens is 3. The van der Waals surface area contributed by atoms with Gasteiger partial charge >= 0.3 is 0 Å². The first-order valence-electron chi connectivity index (χ1n) is 6.88. The van der Waals surface area contributed by atoms with Gasteiger partial charge in [-0.25, -0.2) is 0 Å². The fourth-order valence-electron chi connectivity index (χ4n) is 2.67. The van der Waals surface area contributed by atoms with Gasteiger partial charge in [0, 0.05) is 30.8 Å². The second kappa shape index (κ2) is 5.11. The number of hydrogen-bond donors (Lipinski definition) is 1. The fraction of sp³-hybridized carbons (Fsp3) is 0.500. The summed E-state index contributed by atoms with van der Waals surface area (Å²) in [6, 6.07) is 3.74. The molecule has 2 aromatic heterocycles. The number of amides is 1. The van der Waals surface area contributed by atoms with Gasteiger partial charge in [-0.2, -0.15) is 5.10 Å². The van der Waals surface area contributed by atoms with Crippen molar-refractivity contribution in [2.45, 2.75) is 32.6 Å². The van der Waals surface area contributed by atoms with E-state index in [1.165, 1.54) is 0 Å². The number of piperidine rings is 1. The summed E-state index contributed by atoms with van der Waals surface area (Å²) in [5.41, 5.74) is 2.81. The molecule has 0 radical (unpaired) electrons. The Morgan fingerprint density at radius 1 is 1.45 bits per heavy atom.